The molecule has 2 unspecified atom stereocenters. The Kier molecular flexibility index (Phi) is 5.64. The van der Waals surface area contributed by atoms with Gasteiger partial charge in [-0.3, -0.25) is 4.79 Å². The second-order valence-electron chi connectivity index (χ2n) is 8.43. The Morgan fingerprint density at radius 2 is 1.92 bits per heavy atom. The van der Waals surface area contributed by atoms with Crippen molar-refractivity contribution in [1.82, 2.24) is 19.7 Å². The average Bonchev–Trinajstić information content (AvgIpc) is 3.48. The number of likely N-dealkylation sites (N-methyl/N-ethyl adjacent to an activating group) is 1. The van der Waals surface area contributed by atoms with Crippen LogP contribution in [0.2, 0.25) is 0 Å². The predicted octanol–water partition coefficient (Wildman–Crippen LogP) is 3.22. The van der Waals surface area contributed by atoms with Crippen LogP contribution in [-0.2, 0) is 20.7 Å². The molecule has 5 rings (SSSR count). The van der Waals surface area contributed by atoms with Gasteiger partial charge in [-0.1, -0.05) is 41.7 Å². The first-order valence-electron chi connectivity index (χ1n) is 10.8. The van der Waals surface area contributed by atoms with Crippen LogP contribution < -0.4 is 9.80 Å². The van der Waals surface area contributed by atoms with Crippen LogP contribution in [0.25, 0.3) is 0 Å². The number of hydrogen-bond acceptors (Lipinski definition) is 7. The number of hydrogen-bond donors (Lipinski definition) is 1. The summed E-state index contributed by atoms with van der Waals surface area (Å²) in [5.41, 5.74) is 0.935. The van der Waals surface area contributed by atoms with Crippen molar-refractivity contribution in [3.8, 4) is 0 Å². The normalized spacial score (nSPS) is 23.4. The first-order chi connectivity index (χ1) is 17.2. The Morgan fingerprint density at radius 1 is 1.17 bits per heavy atom. The molecule has 0 saturated carbocycles. The Bertz CT molecular complexity index is 1440. The Hall–Kier alpha value is -4.03. The largest absolute Gasteiger partial charge is 0.464 e. The van der Waals surface area contributed by atoms with E-state index in [0.717, 1.165) is 22.3 Å². The molecule has 2 aliphatic rings. The number of imide groups is 1. The minimum absolute atomic E-state index is 0.0147. The number of carbonyl (C=O) groups excluding carboxylic acids is 4. The van der Waals surface area contributed by atoms with E-state index in [0.29, 0.717) is 11.3 Å². The first-order valence-corrected chi connectivity index (χ1v) is 11.7. The highest BCUT2D eigenvalue weighted by atomic mass is 32.1. The number of thiazole rings is 1. The summed E-state index contributed by atoms with van der Waals surface area (Å²) < 4.78 is 32.4. The van der Waals surface area contributed by atoms with Gasteiger partial charge >= 0.3 is 17.9 Å². The van der Waals surface area contributed by atoms with Gasteiger partial charge in [0.05, 0.1) is 14.2 Å². The van der Waals surface area contributed by atoms with E-state index in [1.54, 1.807) is 31.3 Å². The molecule has 3 aromatic rings. The van der Waals surface area contributed by atoms with Gasteiger partial charge in [0.2, 0.25) is 0 Å². The molecule has 2 aliphatic heterocycles. The molecule has 4 amide bonds. The van der Waals surface area contributed by atoms with Crippen LogP contribution in [-0.4, -0.2) is 53.9 Å². The van der Waals surface area contributed by atoms with Crippen molar-refractivity contribution in [2.75, 3.05) is 14.2 Å². The molecule has 12 heteroatoms. The lowest BCUT2D eigenvalue weighted by atomic mass is 9.94. The third-order valence-corrected chi connectivity index (χ3v) is 7.47. The molecule has 0 aliphatic carbocycles. The average molecular weight is 514 g/mol. The predicted molar refractivity (Wildman–Crippen MR) is 124 cm³/mol. The molecule has 0 radical (unpaired) electrons. The molecule has 1 fully saturated rings. The fourth-order valence-corrected chi connectivity index (χ4v) is 5.56. The molecular formula is C24H19F2N4O5S+. The number of urea groups is 1. The van der Waals surface area contributed by atoms with Crippen LogP contribution in [0.15, 0.2) is 47.8 Å². The smallest absolute Gasteiger partial charge is 0.357 e. The van der Waals surface area contributed by atoms with Gasteiger partial charge in [0.25, 0.3) is 11.0 Å². The molecule has 184 valence electrons. The highest BCUT2D eigenvalue weighted by Crippen LogP contribution is 2.43. The maximum atomic E-state index is 14.4. The highest BCUT2D eigenvalue weighted by molar-refractivity contribution is 7.14. The summed E-state index contributed by atoms with van der Waals surface area (Å²) >= 11 is 1.06. The number of amides is 4. The van der Waals surface area contributed by atoms with E-state index in [9.17, 15) is 28.0 Å². The Morgan fingerprint density at radius 3 is 2.67 bits per heavy atom. The Labute approximate surface area is 207 Å². The number of nitrogens with zero attached hydrogens (tertiary/aromatic N) is 3. The van der Waals surface area contributed by atoms with Crippen molar-refractivity contribution in [2.45, 2.75) is 18.5 Å². The van der Waals surface area contributed by atoms with Gasteiger partial charge in [0, 0.05) is 29.0 Å². The van der Waals surface area contributed by atoms with Gasteiger partial charge in [0.15, 0.2) is 29.1 Å². The summed E-state index contributed by atoms with van der Waals surface area (Å²) in [6.45, 7) is 0. The summed E-state index contributed by atoms with van der Waals surface area (Å²) in [7, 11) is 2.78. The number of fused-ring (bicyclic) bond motifs is 1. The van der Waals surface area contributed by atoms with Gasteiger partial charge < -0.3 is 10.1 Å². The number of ether oxygens (including phenoxy) is 1. The van der Waals surface area contributed by atoms with Crippen LogP contribution >= 0.6 is 11.3 Å². The number of quaternary nitrogens is 1. The van der Waals surface area contributed by atoms with Crippen molar-refractivity contribution < 1.29 is 32.7 Å². The lowest BCUT2D eigenvalue weighted by molar-refractivity contribution is -0.139. The SMILES string of the molecule is COC(=O)c1csc([N+]2(C)C(=O)[C@@H](N3C(=O)NC(c4cccc(F)c4F)C3=O)Cc3ccccc32)n1. The zero-order valence-corrected chi connectivity index (χ0v) is 19.8. The van der Waals surface area contributed by atoms with Crippen LogP contribution in [0.3, 0.4) is 0 Å². The molecule has 0 bridgehead atoms. The summed E-state index contributed by atoms with van der Waals surface area (Å²) in [6.07, 6.45) is 0.0234. The molecule has 9 nitrogen and oxygen atoms in total. The van der Waals surface area contributed by atoms with E-state index in [-0.39, 0.29) is 22.8 Å². The number of aromatic nitrogens is 1. The zero-order valence-electron chi connectivity index (χ0n) is 19.0. The number of para-hydroxylation sites is 1. The number of halogens is 2. The minimum Gasteiger partial charge on any atom is -0.464 e. The number of benzene rings is 2. The number of nitrogens with one attached hydrogen (secondary N) is 1. The number of esters is 1. The molecule has 1 aromatic heterocycles. The fraction of sp³-hybridized carbons (Fsp3) is 0.208. The van der Waals surface area contributed by atoms with Crippen molar-refractivity contribution in [3.63, 3.8) is 0 Å². The van der Waals surface area contributed by atoms with E-state index < -0.39 is 52.0 Å². The second kappa shape index (κ2) is 8.57. The lowest BCUT2D eigenvalue weighted by Crippen LogP contribution is -2.61. The molecule has 36 heavy (non-hydrogen) atoms. The van der Waals surface area contributed by atoms with E-state index in [1.807, 2.05) is 0 Å². The van der Waals surface area contributed by atoms with Crippen molar-refractivity contribution in [3.05, 3.63) is 76.3 Å². The van der Waals surface area contributed by atoms with Crippen LogP contribution in [0.5, 0.6) is 0 Å². The lowest BCUT2D eigenvalue weighted by Gasteiger charge is -2.38. The maximum Gasteiger partial charge on any atom is 0.357 e. The summed E-state index contributed by atoms with van der Waals surface area (Å²) in [6, 6.07) is 6.70. The zero-order chi connectivity index (χ0) is 25.8. The van der Waals surface area contributed by atoms with Crippen molar-refractivity contribution in [2.24, 2.45) is 0 Å². The molecule has 3 atom stereocenters. The van der Waals surface area contributed by atoms with E-state index in [1.165, 1.54) is 24.6 Å². The Balaban J connectivity index is 1.58. The third-order valence-electron chi connectivity index (χ3n) is 6.46. The topological polar surface area (TPSA) is 106 Å². The third kappa shape index (κ3) is 3.40. The first kappa shape index (κ1) is 23.7. The minimum atomic E-state index is -1.48. The molecule has 1 N–H and O–H groups in total. The summed E-state index contributed by atoms with van der Waals surface area (Å²) in [5, 5.41) is 4.06. The summed E-state index contributed by atoms with van der Waals surface area (Å²) in [4.78, 5) is 57.4. The fourth-order valence-electron chi connectivity index (χ4n) is 4.64. The molecule has 2 aromatic carbocycles. The van der Waals surface area contributed by atoms with E-state index in [2.05, 4.69) is 10.3 Å². The van der Waals surface area contributed by atoms with E-state index in [4.69, 9.17) is 4.74 Å². The number of rotatable bonds is 4. The van der Waals surface area contributed by atoms with Gasteiger partial charge in [-0.2, -0.15) is 9.47 Å². The second-order valence-corrected chi connectivity index (χ2v) is 9.27. The van der Waals surface area contributed by atoms with Crippen LogP contribution in [0.4, 0.5) is 24.4 Å². The molecule has 0 spiro atoms. The van der Waals surface area contributed by atoms with Crippen molar-refractivity contribution >= 4 is 46.0 Å². The molecule has 1 saturated heterocycles. The van der Waals surface area contributed by atoms with Gasteiger partial charge in [0.1, 0.15) is 6.04 Å². The van der Waals surface area contributed by atoms with E-state index >= 15 is 0 Å². The van der Waals surface area contributed by atoms with Crippen molar-refractivity contribution in [1.29, 1.82) is 0 Å². The quantitative estimate of drug-likeness (QED) is 0.326. The number of methoxy groups -OCH3 is 1. The maximum absolute atomic E-state index is 14.4. The molecular weight excluding hydrogens is 494 g/mol. The molecule has 3 heterocycles. The van der Waals surface area contributed by atoms with Crippen LogP contribution in [0.1, 0.15) is 27.7 Å². The monoisotopic (exact) mass is 513 g/mol. The van der Waals surface area contributed by atoms with Gasteiger partial charge in [-0.25, -0.2) is 28.1 Å². The summed E-state index contributed by atoms with van der Waals surface area (Å²) in [5.74, 6) is -4.51. The highest BCUT2D eigenvalue weighted by Gasteiger charge is 2.56. The standard InChI is InChI=1S/C24H18F2N4O5S/c1-30(24-27-15(11-36-24)22(33)35-2)17-9-4-3-6-12(17)10-16(21(30)32)29-20(31)19(28-23(29)34)13-7-5-8-14(25)18(13)26/h3-9,11,16,19H,10H2,1-2H3/p+1/t16-,19?,30?/m0/s1. The van der Waals surface area contributed by atoms with Crippen LogP contribution in [0, 0.1) is 11.6 Å². The van der Waals surface area contributed by atoms with Gasteiger partial charge in [-0.05, 0) is 6.07 Å². The number of carbonyl (C=O) groups is 4. The van der Waals surface area contributed by atoms with Gasteiger partial charge in [-0.15, -0.1) is 0 Å².